The van der Waals surface area contributed by atoms with E-state index in [2.05, 4.69) is 0 Å². The van der Waals surface area contributed by atoms with E-state index < -0.39 is 0 Å². The van der Waals surface area contributed by atoms with Crippen molar-refractivity contribution in [3.8, 4) is 17.1 Å². The Labute approximate surface area is 168 Å². The number of hydrogen-bond acceptors (Lipinski definition) is 3. The van der Waals surface area contributed by atoms with E-state index in [4.69, 9.17) is 20.8 Å². The van der Waals surface area contributed by atoms with Crippen LogP contribution in [0.15, 0.2) is 75.9 Å². The molecule has 3 nitrogen and oxygen atoms in total. The molecule has 4 heteroatoms. The number of fused-ring (bicyclic) bond motifs is 1. The van der Waals surface area contributed by atoms with Crippen molar-refractivity contribution in [2.24, 2.45) is 0 Å². The Balaban J connectivity index is 1.87. The summed E-state index contributed by atoms with van der Waals surface area (Å²) in [6, 6.07) is 20.8. The molecule has 4 aromatic rings. The lowest BCUT2D eigenvalue weighted by Gasteiger charge is -2.13. The molecule has 0 aliphatic rings. The van der Waals surface area contributed by atoms with Gasteiger partial charge in [0.2, 0.25) is 11.2 Å². The van der Waals surface area contributed by atoms with Crippen LogP contribution in [0, 0.1) is 13.8 Å². The molecule has 0 unspecified atom stereocenters. The van der Waals surface area contributed by atoms with Crippen LogP contribution in [0.5, 0.6) is 5.75 Å². The van der Waals surface area contributed by atoms with Crippen LogP contribution in [0.2, 0.25) is 5.02 Å². The van der Waals surface area contributed by atoms with Gasteiger partial charge < -0.3 is 9.15 Å². The molecule has 140 valence electrons. The third kappa shape index (κ3) is 3.54. The zero-order chi connectivity index (χ0) is 19.7. The lowest BCUT2D eigenvalue weighted by atomic mass is 10.1. The van der Waals surface area contributed by atoms with Gasteiger partial charge in [0.15, 0.2) is 5.76 Å². The van der Waals surface area contributed by atoms with Crippen LogP contribution >= 0.6 is 11.6 Å². The van der Waals surface area contributed by atoms with Gasteiger partial charge in [-0.2, -0.15) is 0 Å². The molecule has 0 aliphatic carbocycles. The average Bonchev–Trinajstić information content (AvgIpc) is 2.69. The number of halogens is 1. The first kappa shape index (κ1) is 18.3. The second kappa shape index (κ2) is 7.53. The Morgan fingerprint density at radius 1 is 0.964 bits per heavy atom. The highest BCUT2D eigenvalue weighted by molar-refractivity contribution is 6.31. The van der Waals surface area contributed by atoms with E-state index in [-0.39, 0.29) is 17.8 Å². The highest BCUT2D eigenvalue weighted by Crippen LogP contribution is 2.32. The zero-order valence-corrected chi connectivity index (χ0v) is 16.4. The molecule has 0 atom stereocenters. The van der Waals surface area contributed by atoms with E-state index in [0.29, 0.717) is 21.8 Å². The SMILES string of the molecule is Cc1ccc(-c2oc3ccc(Cl)cc3c(=O)c2OCc2ccccc2C)cc1. The molecule has 0 aliphatic heterocycles. The average molecular weight is 391 g/mol. The summed E-state index contributed by atoms with van der Waals surface area (Å²) in [6.45, 7) is 4.31. The van der Waals surface area contributed by atoms with E-state index in [1.807, 2.05) is 62.4 Å². The first-order valence-corrected chi connectivity index (χ1v) is 9.41. The molecule has 28 heavy (non-hydrogen) atoms. The van der Waals surface area contributed by atoms with Crippen molar-refractivity contribution in [1.82, 2.24) is 0 Å². The van der Waals surface area contributed by atoms with Crippen molar-refractivity contribution < 1.29 is 9.15 Å². The van der Waals surface area contributed by atoms with Crippen molar-refractivity contribution in [2.75, 3.05) is 0 Å². The van der Waals surface area contributed by atoms with Crippen molar-refractivity contribution >= 4 is 22.6 Å². The van der Waals surface area contributed by atoms with Crippen LogP contribution < -0.4 is 10.2 Å². The molecule has 1 aromatic heterocycles. The highest BCUT2D eigenvalue weighted by Gasteiger charge is 2.18. The van der Waals surface area contributed by atoms with E-state index in [1.165, 1.54) is 0 Å². The van der Waals surface area contributed by atoms with Gasteiger partial charge in [-0.3, -0.25) is 4.79 Å². The van der Waals surface area contributed by atoms with Crippen molar-refractivity contribution in [2.45, 2.75) is 20.5 Å². The number of ether oxygens (including phenoxy) is 1. The van der Waals surface area contributed by atoms with Gasteiger partial charge in [0.1, 0.15) is 12.2 Å². The van der Waals surface area contributed by atoms with Crippen molar-refractivity contribution in [3.05, 3.63) is 98.7 Å². The van der Waals surface area contributed by atoms with Gasteiger partial charge in [-0.1, -0.05) is 65.7 Å². The van der Waals surface area contributed by atoms with Crippen LogP contribution in [-0.4, -0.2) is 0 Å². The first-order valence-electron chi connectivity index (χ1n) is 9.03. The Kier molecular flexibility index (Phi) is 4.93. The lowest BCUT2D eigenvalue weighted by molar-refractivity contribution is 0.297. The normalized spacial score (nSPS) is 11.0. The Bertz CT molecular complexity index is 1210. The third-order valence-corrected chi connectivity index (χ3v) is 4.99. The topological polar surface area (TPSA) is 39.4 Å². The fourth-order valence-corrected chi connectivity index (χ4v) is 3.27. The van der Waals surface area contributed by atoms with Gasteiger partial charge >= 0.3 is 0 Å². The molecule has 0 saturated carbocycles. The van der Waals surface area contributed by atoms with Gasteiger partial charge in [-0.05, 0) is 43.2 Å². The molecule has 0 radical (unpaired) electrons. The van der Waals surface area contributed by atoms with Gasteiger partial charge in [0, 0.05) is 10.6 Å². The molecule has 0 N–H and O–H groups in total. The van der Waals surface area contributed by atoms with E-state index in [1.54, 1.807) is 18.2 Å². The summed E-state index contributed by atoms with van der Waals surface area (Å²) < 4.78 is 12.1. The van der Waals surface area contributed by atoms with Crippen LogP contribution in [0.1, 0.15) is 16.7 Å². The highest BCUT2D eigenvalue weighted by atomic mass is 35.5. The third-order valence-electron chi connectivity index (χ3n) is 4.76. The fourth-order valence-electron chi connectivity index (χ4n) is 3.10. The molecule has 0 spiro atoms. The Hall–Kier alpha value is -3.04. The fraction of sp³-hybridized carbons (Fsp3) is 0.125. The summed E-state index contributed by atoms with van der Waals surface area (Å²) in [6.07, 6.45) is 0. The summed E-state index contributed by atoms with van der Waals surface area (Å²) in [5, 5.41) is 0.885. The predicted octanol–water partition coefficient (Wildman–Crippen LogP) is 6.31. The summed E-state index contributed by atoms with van der Waals surface area (Å²) in [5.41, 5.74) is 4.29. The maximum absolute atomic E-state index is 13.2. The summed E-state index contributed by atoms with van der Waals surface area (Å²) >= 11 is 6.09. The Morgan fingerprint density at radius 2 is 1.71 bits per heavy atom. The molecule has 4 rings (SSSR count). The van der Waals surface area contributed by atoms with Gasteiger partial charge in [-0.25, -0.2) is 0 Å². The molecule has 3 aromatic carbocycles. The van der Waals surface area contributed by atoms with Gasteiger partial charge in [0.25, 0.3) is 0 Å². The van der Waals surface area contributed by atoms with Crippen LogP contribution in [0.3, 0.4) is 0 Å². The van der Waals surface area contributed by atoms with Crippen LogP contribution in [0.25, 0.3) is 22.3 Å². The summed E-state index contributed by atoms with van der Waals surface area (Å²) in [7, 11) is 0. The van der Waals surface area contributed by atoms with Crippen molar-refractivity contribution in [1.29, 1.82) is 0 Å². The molecular weight excluding hydrogens is 372 g/mol. The summed E-state index contributed by atoms with van der Waals surface area (Å²) in [4.78, 5) is 13.2. The maximum atomic E-state index is 13.2. The van der Waals surface area contributed by atoms with Crippen molar-refractivity contribution in [3.63, 3.8) is 0 Å². The lowest BCUT2D eigenvalue weighted by Crippen LogP contribution is -2.10. The largest absolute Gasteiger partial charge is 0.481 e. The molecule has 0 saturated heterocycles. The molecule has 0 amide bonds. The Morgan fingerprint density at radius 3 is 2.46 bits per heavy atom. The molecule has 0 fully saturated rings. The zero-order valence-electron chi connectivity index (χ0n) is 15.7. The second-order valence-electron chi connectivity index (χ2n) is 6.81. The maximum Gasteiger partial charge on any atom is 0.235 e. The summed E-state index contributed by atoms with van der Waals surface area (Å²) in [5.74, 6) is 0.621. The minimum atomic E-state index is -0.229. The standard InChI is InChI=1S/C24H19ClO3/c1-15-7-9-17(10-8-15)23-24(27-14-18-6-4-3-5-16(18)2)22(26)20-13-19(25)11-12-21(20)28-23/h3-13H,14H2,1-2H3. The van der Waals surface area contributed by atoms with E-state index in [9.17, 15) is 4.79 Å². The molecule has 0 bridgehead atoms. The number of hydrogen-bond donors (Lipinski definition) is 0. The first-order chi connectivity index (χ1) is 13.5. The van der Waals surface area contributed by atoms with Gasteiger partial charge in [-0.15, -0.1) is 0 Å². The van der Waals surface area contributed by atoms with Crippen LogP contribution in [0.4, 0.5) is 0 Å². The minimum Gasteiger partial charge on any atom is -0.481 e. The molecular formula is C24H19ClO3. The van der Waals surface area contributed by atoms with E-state index >= 15 is 0 Å². The number of rotatable bonds is 4. The smallest absolute Gasteiger partial charge is 0.235 e. The predicted molar refractivity (Wildman–Crippen MR) is 113 cm³/mol. The van der Waals surface area contributed by atoms with Gasteiger partial charge in [0.05, 0.1) is 5.39 Å². The monoisotopic (exact) mass is 390 g/mol. The number of aryl methyl sites for hydroxylation is 2. The van der Waals surface area contributed by atoms with E-state index in [0.717, 1.165) is 22.3 Å². The van der Waals surface area contributed by atoms with Crippen LogP contribution in [-0.2, 0) is 6.61 Å². The molecule has 1 heterocycles. The quantitative estimate of drug-likeness (QED) is 0.410. The minimum absolute atomic E-state index is 0.196. The second-order valence-corrected chi connectivity index (χ2v) is 7.25. The number of benzene rings is 3.